The second-order valence-electron chi connectivity index (χ2n) is 5.68. The second-order valence-corrected chi connectivity index (χ2v) is 6.04. The average molecular weight is 320 g/mol. The smallest absolute Gasteiger partial charge is 0.237 e. The van der Waals surface area contributed by atoms with E-state index in [1.165, 1.54) is 0 Å². The van der Waals surface area contributed by atoms with Gasteiger partial charge < -0.3 is 0 Å². The first kappa shape index (κ1) is 16.4. The lowest BCUT2D eigenvalue weighted by molar-refractivity contribution is -0.129. The molecule has 0 saturated heterocycles. The van der Waals surface area contributed by atoms with Gasteiger partial charge in [-0.3, -0.25) is 9.59 Å². The Morgan fingerprint density at radius 3 is 1.95 bits per heavy atom. The molecule has 1 heterocycles. The Labute approximate surface area is 134 Å². The van der Waals surface area contributed by atoms with Gasteiger partial charge >= 0.3 is 0 Å². The van der Waals surface area contributed by atoms with Crippen LogP contribution in [0.5, 0.6) is 0 Å². The van der Waals surface area contributed by atoms with Crippen molar-refractivity contribution < 1.29 is 9.59 Å². The van der Waals surface area contributed by atoms with E-state index in [0.717, 1.165) is 4.90 Å². The van der Waals surface area contributed by atoms with Crippen molar-refractivity contribution in [2.24, 2.45) is 11.8 Å². The van der Waals surface area contributed by atoms with Crippen LogP contribution in [0.25, 0.3) is 10.8 Å². The second kappa shape index (κ2) is 6.40. The Morgan fingerprint density at radius 1 is 0.955 bits per heavy atom. The summed E-state index contributed by atoms with van der Waals surface area (Å²) in [7, 11) is 0. The van der Waals surface area contributed by atoms with Gasteiger partial charge in [-0.2, -0.15) is 0 Å². The van der Waals surface area contributed by atoms with Crippen LogP contribution in [0.3, 0.4) is 0 Å². The van der Waals surface area contributed by atoms with Gasteiger partial charge in [-0.15, -0.1) is 10.2 Å². The third kappa shape index (κ3) is 2.95. The molecule has 0 radical (unpaired) electrons. The number of aromatic nitrogens is 2. The minimum Gasteiger partial charge on any atom is -0.274 e. The highest BCUT2D eigenvalue weighted by Crippen LogP contribution is 2.29. The SMILES string of the molecule is CC(C)C(=O)N(C(=O)C(C)C)c1nnc(Cl)c2ccccc12. The molecular weight excluding hydrogens is 302 g/mol. The van der Waals surface area contributed by atoms with Crippen LogP contribution in [-0.4, -0.2) is 22.0 Å². The van der Waals surface area contributed by atoms with Gasteiger partial charge in [0, 0.05) is 22.6 Å². The van der Waals surface area contributed by atoms with Crippen LogP contribution in [0.4, 0.5) is 5.82 Å². The summed E-state index contributed by atoms with van der Waals surface area (Å²) >= 11 is 6.06. The normalized spacial score (nSPS) is 11.2. The molecule has 0 bridgehead atoms. The third-order valence-corrected chi connectivity index (χ3v) is 3.54. The van der Waals surface area contributed by atoms with Crippen LogP contribution in [0.1, 0.15) is 27.7 Å². The third-order valence-electron chi connectivity index (χ3n) is 3.26. The van der Waals surface area contributed by atoms with E-state index in [0.29, 0.717) is 10.8 Å². The number of anilines is 1. The quantitative estimate of drug-likeness (QED) is 0.869. The molecule has 1 aromatic heterocycles. The first-order valence-corrected chi connectivity index (χ1v) is 7.51. The van der Waals surface area contributed by atoms with Crippen LogP contribution in [0.2, 0.25) is 5.15 Å². The zero-order valence-corrected chi connectivity index (χ0v) is 13.8. The first-order chi connectivity index (χ1) is 10.3. The number of imide groups is 1. The van der Waals surface area contributed by atoms with E-state index in [1.807, 2.05) is 12.1 Å². The van der Waals surface area contributed by atoms with E-state index >= 15 is 0 Å². The molecule has 0 spiro atoms. The Morgan fingerprint density at radius 2 is 1.45 bits per heavy atom. The molecule has 0 aliphatic heterocycles. The Bertz CT molecular complexity index is 708. The zero-order valence-electron chi connectivity index (χ0n) is 13.0. The Balaban J connectivity index is 2.70. The predicted molar refractivity (Wildman–Crippen MR) is 86.7 cm³/mol. The molecule has 22 heavy (non-hydrogen) atoms. The Hall–Kier alpha value is -2.01. The minimum atomic E-state index is -0.334. The lowest BCUT2D eigenvalue weighted by atomic mass is 10.1. The summed E-state index contributed by atoms with van der Waals surface area (Å²) in [4.78, 5) is 26.2. The van der Waals surface area contributed by atoms with Gasteiger partial charge in [0.2, 0.25) is 11.8 Å². The molecule has 0 aliphatic carbocycles. The molecule has 0 saturated carbocycles. The highest BCUT2D eigenvalue weighted by atomic mass is 35.5. The van der Waals surface area contributed by atoms with Crippen molar-refractivity contribution in [2.75, 3.05) is 4.90 Å². The maximum atomic E-state index is 12.5. The first-order valence-electron chi connectivity index (χ1n) is 7.13. The number of benzene rings is 1. The van der Waals surface area contributed by atoms with E-state index in [4.69, 9.17) is 11.6 Å². The van der Waals surface area contributed by atoms with E-state index < -0.39 is 0 Å². The molecule has 5 nitrogen and oxygen atoms in total. The highest BCUT2D eigenvalue weighted by Gasteiger charge is 2.30. The summed E-state index contributed by atoms with van der Waals surface area (Å²) in [5.41, 5.74) is 0. The van der Waals surface area contributed by atoms with Crippen molar-refractivity contribution in [3.05, 3.63) is 29.4 Å². The van der Waals surface area contributed by atoms with Crippen LogP contribution in [-0.2, 0) is 9.59 Å². The maximum Gasteiger partial charge on any atom is 0.237 e. The lowest BCUT2D eigenvalue weighted by Crippen LogP contribution is -2.42. The molecule has 2 aromatic rings. The maximum absolute atomic E-state index is 12.5. The molecule has 2 amide bonds. The average Bonchev–Trinajstić information content (AvgIpc) is 2.49. The van der Waals surface area contributed by atoms with E-state index in [2.05, 4.69) is 10.2 Å². The highest BCUT2D eigenvalue weighted by molar-refractivity contribution is 6.35. The molecule has 0 unspecified atom stereocenters. The number of halogens is 1. The Kier molecular flexibility index (Phi) is 4.76. The van der Waals surface area contributed by atoms with Gasteiger partial charge in [0.15, 0.2) is 11.0 Å². The molecule has 6 heteroatoms. The fraction of sp³-hybridized carbons (Fsp3) is 0.375. The number of nitrogens with zero attached hydrogens (tertiary/aromatic N) is 3. The summed E-state index contributed by atoms with van der Waals surface area (Å²) in [6, 6.07) is 7.19. The summed E-state index contributed by atoms with van der Waals surface area (Å²) in [6.45, 7) is 6.98. The number of carbonyl (C=O) groups excluding carboxylic acids is 2. The molecule has 116 valence electrons. The molecule has 0 atom stereocenters. The number of hydrogen-bond donors (Lipinski definition) is 0. The van der Waals surface area contributed by atoms with Crippen molar-refractivity contribution in [3.63, 3.8) is 0 Å². The van der Waals surface area contributed by atoms with Crippen molar-refractivity contribution >= 4 is 40.0 Å². The van der Waals surface area contributed by atoms with E-state index in [-0.39, 0.29) is 34.6 Å². The van der Waals surface area contributed by atoms with Gasteiger partial charge in [0.25, 0.3) is 0 Å². The molecule has 0 aliphatic rings. The van der Waals surface area contributed by atoms with E-state index in [1.54, 1.807) is 39.8 Å². The number of carbonyl (C=O) groups is 2. The molecular formula is C16H18ClN3O2. The van der Waals surface area contributed by atoms with Crippen LogP contribution >= 0.6 is 11.6 Å². The predicted octanol–water partition coefficient (Wildman–Crippen LogP) is 3.45. The van der Waals surface area contributed by atoms with Gasteiger partial charge in [-0.25, -0.2) is 4.90 Å². The molecule has 2 rings (SSSR count). The number of amides is 2. The zero-order chi connectivity index (χ0) is 16.4. The number of fused-ring (bicyclic) bond motifs is 1. The molecule has 0 fully saturated rings. The van der Waals surface area contributed by atoms with Gasteiger partial charge in [0.1, 0.15) is 0 Å². The molecule has 0 N–H and O–H groups in total. The van der Waals surface area contributed by atoms with Gasteiger partial charge in [-0.1, -0.05) is 63.6 Å². The van der Waals surface area contributed by atoms with Crippen LogP contribution in [0.15, 0.2) is 24.3 Å². The minimum absolute atomic E-state index is 0.234. The van der Waals surface area contributed by atoms with Gasteiger partial charge in [-0.05, 0) is 0 Å². The van der Waals surface area contributed by atoms with Crippen LogP contribution < -0.4 is 4.90 Å². The fourth-order valence-electron chi connectivity index (χ4n) is 2.06. The number of rotatable bonds is 3. The summed E-state index contributed by atoms with van der Waals surface area (Å²) in [5.74, 6) is -1.05. The van der Waals surface area contributed by atoms with Crippen molar-refractivity contribution in [2.45, 2.75) is 27.7 Å². The monoisotopic (exact) mass is 319 g/mol. The van der Waals surface area contributed by atoms with Crippen LogP contribution in [0, 0.1) is 11.8 Å². The standard InChI is InChI=1S/C16H18ClN3O2/c1-9(2)15(21)20(16(22)10(3)4)14-12-8-6-5-7-11(12)13(17)18-19-14/h5-10H,1-4H3. The topological polar surface area (TPSA) is 63.2 Å². The number of hydrogen-bond acceptors (Lipinski definition) is 4. The van der Waals surface area contributed by atoms with Crippen molar-refractivity contribution in [3.8, 4) is 0 Å². The van der Waals surface area contributed by atoms with E-state index in [9.17, 15) is 9.59 Å². The largest absolute Gasteiger partial charge is 0.274 e. The summed E-state index contributed by atoms with van der Waals surface area (Å²) in [5, 5.41) is 9.43. The van der Waals surface area contributed by atoms with Crippen molar-refractivity contribution in [1.82, 2.24) is 10.2 Å². The lowest BCUT2D eigenvalue weighted by Gasteiger charge is -2.24. The fourth-order valence-corrected chi connectivity index (χ4v) is 2.26. The molecule has 1 aromatic carbocycles. The van der Waals surface area contributed by atoms with Crippen molar-refractivity contribution in [1.29, 1.82) is 0 Å². The van der Waals surface area contributed by atoms with Gasteiger partial charge in [0.05, 0.1) is 0 Å². The summed E-state index contributed by atoms with van der Waals surface area (Å²) in [6.07, 6.45) is 0. The summed E-state index contributed by atoms with van der Waals surface area (Å²) < 4.78 is 0.